The molecule has 0 bridgehead atoms. The van der Waals surface area contributed by atoms with E-state index in [9.17, 15) is 4.79 Å². The van der Waals surface area contributed by atoms with Gasteiger partial charge in [-0.05, 0) is 12.3 Å². The van der Waals surface area contributed by atoms with Crippen LogP contribution >= 0.6 is 11.8 Å². The number of carbonyl (C=O) groups is 1. The summed E-state index contributed by atoms with van der Waals surface area (Å²) in [6.07, 6.45) is 4.92. The molecule has 1 aromatic rings. The molecule has 0 aliphatic rings. The molecule has 0 spiro atoms. The van der Waals surface area contributed by atoms with Crippen LogP contribution in [0.2, 0.25) is 0 Å². The summed E-state index contributed by atoms with van der Waals surface area (Å²) < 4.78 is 0. The Morgan fingerprint density at radius 3 is 2.75 bits per heavy atom. The fourth-order valence-electron chi connectivity index (χ4n) is 1.08. The zero-order chi connectivity index (χ0) is 12.1. The lowest BCUT2D eigenvalue weighted by atomic mass is 10.2. The van der Waals surface area contributed by atoms with Crippen molar-refractivity contribution in [2.24, 2.45) is 0 Å². The Morgan fingerprint density at radius 2 is 2.25 bits per heavy atom. The Bertz CT molecular complexity index is 418. The molecule has 0 saturated heterocycles. The third-order valence-corrected chi connectivity index (χ3v) is 2.27. The average molecular weight is 239 g/mol. The Balaban J connectivity index is 3.16. The minimum absolute atomic E-state index is 0.155. The van der Waals surface area contributed by atoms with Gasteiger partial charge in [0.1, 0.15) is 5.57 Å². The van der Waals surface area contributed by atoms with Crippen LogP contribution in [0, 0.1) is 0 Å². The summed E-state index contributed by atoms with van der Waals surface area (Å²) in [6, 6.07) is 1.59. The first-order chi connectivity index (χ1) is 7.54. The number of aromatic nitrogens is 2. The van der Waals surface area contributed by atoms with Crippen LogP contribution in [-0.4, -0.2) is 46.3 Å². The lowest BCUT2D eigenvalue weighted by Gasteiger charge is -2.08. The van der Waals surface area contributed by atoms with E-state index in [2.05, 4.69) is 9.97 Å². The first kappa shape index (κ1) is 12.5. The first-order valence-electron chi connectivity index (χ1n) is 4.53. The minimum Gasteiger partial charge on any atom is -0.478 e. The molecule has 6 heteroatoms. The fourth-order valence-corrected chi connectivity index (χ4v) is 1.43. The molecular formula is C10H13N3O2S. The van der Waals surface area contributed by atoms with Gasteiger partial charge in [0.2, 0.25) is 0 Å². The molecule has 1 rings (SSSR count). The quantitative estimate of drug-likeness (QED) is 0.483. The summed E-state index contributed by atoms with van der Waals surface area (Å²) in [5.41, 5.74) is 0.572. The van der Waals surface area contributed by atoms with Gasteiger partial charge in [0.05, 0.1) is 5.69 Å². The second-order valence-electron chi connectivity index (χ2n) is 3.24. The highest BCUT2D eigenvalue weighted by molar-refractivity contribution is 7.98. The third-order valence-electron chi connectivity index (χ3n) is 1.71. The van der Waals surface area contributed by atoms with Gasteiger partial charge in [-0.1, -0.05) is 11.8 Å². The maximum absolute atomic E-state index is 11.1. The van der Waals surface area contributed by atoms with E-state index in [1.807, 2.05) is 6.26 Å². The summed E-state index contributed by atoms with van der Waals surface area (Å²) in [7, 11) is 3.53. The highest BCUT2D eigenvalue weighted by Crippen LogP contribution is 2.15. The van der Waals surface area contributed by atoms with Crippen molar-refractivity contribution < 1.29 is 9.90 Å². The van der Waals surface area contributed by atoms with E-state index in [0.29, 0.717) is 10.9 Å². The molecule has 0 aromatic carbocycles. The molecule has 0 saturated carbocycles. The molecule has 1 heterocycles. The topological polar surface area (TPSA) is 66.3 Å². The maximum atomic E-state index is 11.1. The number of thioether (sulfide) groups is 1. The van der Waals surface area contributed by atoms with Gasteiger partial charge in [-0.3, -0.25) is 0 Å². The molecule has 0 aliphatic heterocycles. The monoisotopic (exact) mass is 239 g/mol. The number of hydrogen-bond donors (Lipinski definition) is 1. The Kier molecular flexibility index (Phi) is 4.30. The number of carboxylic acid groups (broad SMARTS) is 1. The van der Waals surface area contributed by atoms with Crippen LogP contribution < -0.4 is 0 Å². The van der Waals surface area contributed by atoms with Gasteiger partial charge in [-0.25, -0.2) is 14.8 Å². The van der Waals surface area contributed by atoms with Gasteiger partial charge in [0.15, 0.2) is 5.16 Å². The van der Waals surface area contributed by atoms with Gasteiger partial charge < -0.3 is 10.0 Å². The van der Waals surface area contributed by atoms with E-state index in [1.54, 1.807) is 31.3 Å². The lowest BCUT2D eigenvalue weighted by Crippen LogP contribution is -2.09. The summed E-state index contributed by atoms with van der Waals surface area (Å²) >= 11 is 1.37. The zero-order valence-electron chi connectivity index (χ0n) is 9.34. The lowest BCUT2D eigenvalue weighted by molar-refractivity contribution is -0.130. The van der Waals surface area contributed by atoms with Crippen molar-refractivity contribution in [2.45, 2.75) is 5.16 Å². The smallest absolute Gasteiger partial charge is 0.339 e. The molecule has 16 heavy (non-hydrogen) atoms. The van der Waals surface area contributed by atoms with Crippen molar-refractivity contribution in [3.05, 3.63) is 24.2 Å². The number of hydrogen-bond acceptors (Lipinski definition) is 5. The van der Waals surface area contributed by atoms with Gasteiger partial charge in [0, 0.05) is 26.5 Å². The molecule has 0 unspecified atom stereocenters. The third kappa shape index (κ3) is 3.23. The van der Waals surface area contributed by atoms with E-state index >= 15 is 0 Å². The molecular weight excluding hydrogens is 226 g/mol. The molecule has 0 radical (unpaired) electrons. The molecule has 1 aromatic heterocycles. The van der Waals surface area contributed by atoms with Crippen molar-refractivity contribution in [1.82, 2.24) is 14.9 Å². The summed E-state index contributed by atoms with van der Waals surface area (Å²) in [5, 5.41) is 9.64. The van der Waals surface area contributed by atoms with E-state index in [-0.39, 0.29) is 5.57 Å². The standard InChI is InChI=1S/C10H13N3O2S/c1-13(2)6-7(9(14)15)8-4-5-11-10(12-8)16-3/h4-6H,1-3H3,(H,14,15)/b7-6+. The molecule has 86 valence electrons. The zero-order valence-corrected chi connectivity index (χ0v) is 10.2. The van der Waals surface area contributed by atoms with Gasteiger partial charge in [0.25, 0.3) is 0 Å². The van der Waals surface area contributed by atoms with Crippen LogP contribution in [0.25, 0.3) is 5.57 Å². The van der Waals surface area contributed by atoms with Crippen LogP contribution in [-0.2, 0) is 4.79 Å². The number of rotatable bonds is 4. The van der Waals surface area contributed by atoms with E-state index in [1.165, 1.54) is 18.0 Å². The van der Waals surface area contributed by atoms with Crippen molar-refractivity contribution in [2.75, 3.05) is 20.4 Å². The number of nitrogens with zero attached hydrogens (tertiary/aromatic N) is 3. The van der Waals surface area contributed by atoms with Gasteiger partial charge in [-0.2, -0.15) is 0 Å². The Morgan fingerprint density at radius 1 is 1.56 bits per heavy atom. The van der Waals surface area contributed by atoms with Crippen molar-refractivity contribution in [3.8, 4) is 0 Å². The summed E-state index contributed by atoms with van der Waals surface area (Å²) in [6.45, 7) is 0. The maximum Gasteiger partial charge on any atom is 0.339 e. The molecule has 1 N–H and O–H groups in total. The van der Waals surface area contributed by atoms with Crippen molar-refractivity contribution in [1.29, 1.82) is 0 Å². The fraction of sp³-hybridized carbons (Fsp3) is 0.300. The second kappa shape index (κ2) is 5.50. The molecule has 0 aliphatic carbocycles. The van der Waals surface area contributed by atoms with Crippen LogP contribution in [0.15, 0.2) is 23.6 Å². The highest BCUT2D eigenvalue weighted by atomic mass is 32.2. The van der Waals surface area contributed by atoms with Crippen LogP contribution in [0.5, 0.6) is 0 Å². The van der Waals surface area contributed by atoms with E-state index in [4.69, 9.17) is 5.11 Å². The Labute approximate surface area is 98.2 Å². The number of aliphatic carboxylic acids is 1. The van der Waals surface area contributed by atoms with Crippen LogP contribution in [0.4, 0.5) is 0 Å². The predicted octanol–water partition coefficient (Wildman–Crippen LogP) is 1.19. The van der Waals surface area contributed by atoms with Crippen LogP contribution in [0.1, 0.15) is 5.69 Å². The molecule has 5 nitrogen and oxygen atoms in total. The first-order valence-corrected chi connectivity index (χ1v) is 5.76. The van der Waals surface area contributed by atoms with Gasteiger partial charge in [-0.15, -0.1) is 0 Å². The normalized spacial score (nSPS) is 11.3. The molecule has 0 amide bonds. The highest BCUT2D eigenvalue weighted by Gasteiger charge is 2.13. The van der Waals surface area contributed by atoms with Crippen molar-refractivity contribution >= 4 is 23.3 Å². The average Bonchev–Trinajstić information content (AvgIpc) is 2.25. The van der Waals surface area contributed by atoms with E-state index < -0.39 is 5.97 Å². The molecule has 0 fully saturated rings. The van der Waals surface area contributed by atoms with Gasteiger partial charge >= 0.3 is 5.97 Å². The van der Waals surface area contributed by atoms with E-state index in [0.717, 1.165) is 0 Å². The second-order valence-corrected chi connectivity index (χ2v) is 4.01. The summed E-state index contributed by atoms with van der Waals surface area (Å²) in [5.74, 6) is -1.00. The summed E-state index contributed by atoms with van der Waals surface area (Å²) in [4.78, 5) is 20.9. The minimum atomic E-state index is -1.00. The largest absolute Gasteiger partial charge is 0.478 e. The molecule has 0 atom stereocenters. The van der Waals surface area contributed by atoms with Crippen molar-refractivity contribution in [3.63, 3.8) is 0 Å². The number of carboxylic acids is 1. The SMILES string of the molecule is CSc1nccc(/C(=C\N(C)C)C(=O)O)n1. The Hall–Kier alpha value is -1.56. The van der Waals surface area contributed by atoms with Crippen LogP contribution in [0.3, 0.4) is 0 Å². The predicted molar refractivity (Wildman–Crippen MR) is 63.1 cm³/mol.